The van der Waals surface area contributed by atoms with Gasteiger partial charge in [0.25, 0.3) is 5.56 Å². The minimum Gasteiger partial charge on any atom is -0.459 e. The molecule has 0 amide bonds. The molecule has 6 aromatic rings. The maximum absolute atomic E-state index is 13.8. The first-order valence-corrected chi connectivity index (χ1v) is 12.9. The quantitative estimate of drug-likeness (QED) is 0.245. The lowest BCUT2D eigenvalue weighted by Gasteiger charge is -2.22. The van der Waals surface area contributed by atoms with Gasteiger partial charge in [0.2, 0.25) is 0 Å². The highest BCUT2D eigenvalue weighted by Crippen LogP contribution is 2.29. The Morgan fingerprint density at radius 1 is 0.923 bits per heavy atom. The molecule has 39 heavy (non-hydrogen) atoms. The molecular formula is C31H24ClN5O2. The van der Waals surface area contributed by atoms with Crippen molar-refractivity contribution in [1.82, 2.24) is 19.5 Å². The summed E-state index contributed by atoms with van der Waals surface area (Å²) in [6, 6.07) is 30.4. The summed E-state index contributed by atoms with van der Waals surface area (Å²) in [4.78, 5) is 27.5. The van der Waals surface area contributed by atoms with Gasteiger partial charge in [0.1, 0.15) is 12.1 Å². The topological polar surface area (TPSA) is 81.9 Å². The van der Waals surface area contributed by atoms with Gasteiger partial charge < -0.3 is 10.1 Å². The molecule has 0 aliphatic carbocycles. The summed E-state index contributed by atoms with van der Waals surface area (Å²) < 4.78 is 7.64. The molecule has 1 unspecified atom stereocenters. The fraction of sp³-hybridized carbons (Fsp3) is 0.0968. The largest absolute Gasteiger partial charge is 0.459 e. The number of nitrogens with zero attached hydrogens (tertiary/aromatic N) is 4. The second-order valence-electron chi connectivity index (χ2n) is 9.12. The number of benzene rings is 3. The molecule has 8 heteroatoms. The predicted molar refractivity (Wildman–Crippen MR) is 155 cm³/mol. The van der Waals surface area contributed by atoms with E-state index in [1.807, 2.05) is 97.9 Å². The summed E-state index contributed by atoms with van der Waals surface area (Å²) in [6.45, 7) is 2.31. The van der Waals surface area contributed by atoms with E-state index >= 15 is 0 Å². The molecule has 0 spiro atoms. The van der Waals surface area contributed by atoms with Crippen molar-refractivity contribution in [3.05, 3.63) is 130 Å². The van der Waals surface area contributed by atoms with Crippen molar-refractivity contribution >= 4 is 39.2 Å². The first kappa shape index (κ1) is 24.6. The van der Waals surface area contributed by atoms with Crippen molar-refractivity contribution in [3.63, 3.8) is 0 Å². The highest BCUT2D eigenvalue weighted by atomic mass is 35.5. The molecular weight excluding hydrogens is 510 g/mol. The number of para-hydroxylation sites is 1. The van der Waals surface area contributed by atoms with Gasteiger partial charge in [-0.05, 0) is 54.3 Å². The van der Waals surface area contributed by atoms with E-state index in [4.69, 9.17) is 16.3 Å². The Bertz CT molecular complexity index is 1840. The molecule has 1 N–H and O–H groups in total. The third-order valence-corrected chi connectivity index (χ3v) is 6.80. The Labute approximate surface area is 229 Å². The van der Waals surface area contributed by atoms with Crippen LogP contribution in [-0.4, -0.2) is 19.5 Å². The number of hydrogen-bond acceptors (Lipinski definition) is 6. The zero-order valence-electron chi connectivity index (χ0n) is 21.1. The Morgan fingerprint density at radius 3 is 2.49 bits per heavy atom. The van der Waals surface area contributed by atoms with Crippen LogP contribution in [0.25, 0.3) is 27.5 Å². The SMILES string of the molecule is CC(Nc1nc(OCc2ccccc2)nc2cccnc12)c1cc2cccc(Cl)c2c(=O)n1-c1ccccc1. The summed E-state index contributed by atoms with van der Waals surface area (Å²) in [6.07, 6.45) is 1.70. The second kappa shape index (κ2) is 10.6. The van der Waals surface area contributed by atoms with Gasteiger partial charge in [-0.15, -0.1) is 0 Å². The Balaban J connectivity index is 1.43. The van der Waals surface area contributed by atoms with Crippen LogP contribution in [0, 0.1) is 0 Å². The molecule has 0 bridgehead atoms. The van der Waals surface area contributed by atoms with E-state index in [0.29, 0.717) is 33.9 Å². The Hall–Kier alpha value is -4.75. The first-order chi connectivity index (χ1) is 19.1. The molecule has 1 atom stereocenters. The molecule has 3 aromatic carbocycles. The van der Waals surface area contributed by atoms with Gasteiger partial charge in [-0.2, -0.15) is 9.97 Å². The minimum absolute atomic E-state index is 0.189. The van der Waals surface area contributed by atoms with Crippen LogP contribution in [0.2, 0.25) is 5.02 Å². The van der Waals surface area contributed by atoms with Crippen molar-refractivity contribution in [2.45, 2.75) is 19.6 Å². The van der Waals surface area contributed by atoms with E-state index < -0.39 is 0 Å². The molecule has 192 valence electrons. The van der Waals surface area contributed by atoms with Crippen LogP contribution in [0.1, 0.15) is 24.2 Å². The Kier molecular flexibility index (Phi) is 6.65. The maximum atomic E-state index is 13.8. The molecule has 7 nitrogen and oxygen atoms in total. The fourth-order valence-electron chi connectivity index (χ4n) is 4.61. The molecule has 0 aliphatic heterocycles. The zero-order valence-corrected chi connectivity index (χ0v) is 21.8. The smallest absolute Gasteiger partial charge is 0.319 e. The van der Waals surface area contributed by atoms with Crippen LogP contribution in [-0.2, 0) is 6.61 Å². The third-order valence-electron chi connectivity index (χ3n) is 6.48. The molecule has 3 heterocycles. The molecule has 0 fully saturated rings. The number of anilines is 1. The number of hydrogen-bond donors (Lipinski definition) is 1. The van der Waals surface area contributed by atoms with Gasteiger partial charge >= 0.3 is 6.01 Å². The Morgan fingerprint density at radius 2 is 1.69 bits per heavy atom. The van der Waals surface area contributed by atoms with E-state index in [1.54, 1.807) is 16.8 Å². The summed E-state index contributed by atoms with van der Waals surface area (Å²) >= 11 is 6.47. The van der Waals surface area contributed by atoms with Gasteiger partial charge in [0.15, 0.2) is 5.82 Å². The van der Waals surface area contributed by atoms with Crippen molar-refractivity contribution in [1.29, 1.82) is 0 Å². The summed E-state index contributed by atoms with van der Waals surface area (Å²) in [5.41, 5.74) is 3.56. The van der Waals surface area contributed by atoms with E-state index in [2.05, 4.69) is 20.3 Å². The highest BCUT2D eigenvalue weighted by Gasteiger charge is 2.20. The minimum atomic E-state index is -0.344. The number of fused-ring (bicyclic) bond motifs is 2. The van der Waals surface area contributed by atoms with Crippen molar-refractivity contribution in [2.75, 3.05) is 5.32 Å². The van der Waals surface area contributed by atoms with Crippen LogP contribution in [0.4, 0.5) is 5.82 Å². The second-order valence-corrected chi connectivity index (χ2v) is 9.52. The number of ether oxygens (including phenoxy) is 1. The zero-order chi connectivity index (χ0) is 26.8. The molecule has 0 saturated heterocycles. The van der Waals surface area contributed by atoms with Crippen molar-refractivity contribution in [2.24, 2.45) is 0 Å². The van der Waals surface area contributed by atoms with Gasteiger partial charge in [-0.3, -0.25) is 14.3 Å². The monoisotopic (exact) mass is 533 g/mol. The van der Waals surface area contributed by atoms with Gasteiger partial charge in [0, 0.05) is 17.6 Å². The van der Waals surface area contributed by atoms with Gasteiger partial charge in [0.05, 0.1) is 22.0 Å². The standard InChI is InChI=1S/C31H24ClN5O2/c1-20(26-18-22-12-8-15-24(32)27(22)30(38)37(26)23-13-6-3-7-14-23)34-29-28-25(16-9-17-33-28)35-31(36-29)39-19-21-10-4-2-5-11-21/h2-18,20H,19H2,1H3,(H,34,35,36). The maximum Gasteiger partial charge on any atom is 0.319 e. The number of nitrogens with one attached hydrogen (secondary N) is 1. The fourth-order valence-corrected chi connectivity index (χ4v) is 4.88. The lowest BCUT2D eigenvalue weighted by atomic mass is 10.1. The lowest BCUT2D eigenvalue weighted by Crippen LogP contribution is -2.26. The molecule has 0 saturated carbocycles. The van der Waals surface area contributed by atoms with Crippen LogP contribution >= 0.6 is 11.6 Å². The van der Waals surface area contributed by atoms with Crippen molar-refractivity contribution in [3.8, 4) is 11.7 Å². The van der Waals surface area contributed by atoms with E-state index in [9.17, 15) is 4.79 Å². The van der Waals surface area contributed by atoms with E-state index in [-0.39, 0.29) is 17.6 Å². The van der Waals surface area contributed by atoms with Crippen LogP contribution in [0.5, 0.6) is 6.01 Å². The average molecular weight is 534 g/mol. The van der Waals surface area contributed by atoms with Gasteiger partial charge in [-0.1, -0.05) is 72.3 Å². The van der Waals surface area contributed by atoms with Crippen LogP contribution < -0.4 is 15.6 Å². The summed E-state index contributed by atoms with van der Waals surface area (Å²) in [7, 11) is 0. The van der Waals surface area contributed by atoms with E-state index in [1.165, 1.54) is 0 Å². The molecule has 6 rings (SSSR count). The molecule has 0 aliphatic rings. The van der Waals surface area contributed by atoms with Crippen LogP contribution in [0.3, 0.4) is 0 Å². The number of aromatic nitrogens is 4. The van der Waals surface area contributed by atoms with Crippen molar-refractivity contribution < 1.29 is 4.74 Å². The number of halogens is 1. The van der Waals surface area contributed by atoms with Gasteiger partial charge in [-0.25, -0.2) is 0 Å². The molecule has 3 aromatic heterocycles. The van der Waals surface area contributed by atoms with Crippen LogP contribution in [0.15, 0.2) is 108 Å². The highest BCUT2D eigenvalue weighted by molar-refractivity contribution is 6.35. The number of rotatable bonds is 7. The predicted octanol–water partition coefficient (Wildman–Crippen LogP) is 6.73. The average Bonchev–Trinajstić information content (AvgIpc) is 2.97. The third kappa shape index (κ3) is 4.92. The number of pyridine rings is 2. The lowest BCUT2D eigenvalue weighted by molar-refractivity contribution is 0.282. The van der Waals surface area contributed by atoms with E-state index in [0.717, 1.165) is 22.3 Å². The molecule has 0 radical (unpaired) electrons. The summed E-state index contributed by atoms with van der Waals surface area (Å²) in [5, 5.41) is 5.13. The normalized spacial score (nSPS) is 11.9. The first-order valence-electron chi connectivity index (χ1n) is 12.5. The summed E-state index contributed by atoms with van der Waals surface area (Å²) in [5.74, 6) is 0.509.